The number of hydrogen-bond acceptors (Lipinski definition) is 7. The van der Waals surface area contributed by atoms with Crippen LogP contribution in [0.4, 0.5) is 5.13 Å². The normalized spacial score (nSPS) is 21.2. The summed E-state index contributed by atoms with van der Waals surface area (Å²) in [5.41, 5.74) is -0.201. The maximum Gasteiger partial charge on any atom is 0.358 e. The van der Waals surface area contributed by atoms with Gasteiger partial charge in [-0.15, -0.1) is 0 Å². The number of Topliss-reactive ketones (excluding diaryl/α,β-unsaturated/α-hetero) is 1. The lowest BCUT2D eigenvalue weighted by Gasteiger charge is -2.41. The highest BCUT2D eigenvalue weighted by Gasteiger charge is 2.34. The summed E-state index contributed by atoms with van der Waals surface area (Å²) < 4.78 is 10.6. The number of morpholine rings is 1. The molecule has 1 unspecified atom stereocenters. The zero-order chi connectivity index (χ0) is 15.8. The molecule has 1 aliphatic heterocycles. The van der Waals surface area contributed by atoms with Gasteiger partial charge in [-0.25, -0.2) is 9.78 Å². The number of aromatic nitrogens is 1. The number of ketones is 1. The lowest BCUT2D eigenvalue weighted by atomic mass is 10.1. The first-order valence-electron chi connectivity index (χ1n) is 6.76. The van der Waals surface area contributed by atoms with E-state index in [4.69, 9.17) is 9.47 Å². The Kier molecular flexibility index (Phi) is 4.34. The van der Waals surface area contributed by atoms with Crippen molar-refractivity contribution in [1.29, 1.82) is 0 Å². The minimum atomic E-state index is -0.580. The SMILES string of the molecule is COC(=O)c1nc(N2CC(C)OC(C)(C)C2)sc1C(C)=O. The highest BCUT2D eigenvalue weighted by Crippen LogP contribution is 2.31. The lowest BCUT2D eigenvalue weighted by molar-refractivity contribution is -0.0749. The molecule has 0 saturated carbocycles. The van der Waals surface area contributed by atoms with Crippen LogP contribution in [0.1, 0.15) is 47.9 Å². The molecule has 1 aromatic rings. The van der Waals surface area contributed by atoms with Gasteiger partial charge in [0.1, 0.15) is 4.88 Å². The van der Waals surface area contributed by atoms with Gasteiger partial charge < -0.3 is 14.4 Å². The molecule has 116 valence electrons. The fourth-order valence-corrected chi connectivity index (χ4v) is 3.47. The van der Waals surface area contributed by atoms with E-state index in [9.17, 15) is 9.59 Å². The molecule has 7 heteroatoms. The van der Waals surface area contributed by atoms with Crippen molar-refractivity contribution in [1.82, 2.24) is 4.98 Å². The molecule has 0 N–H and O–H groups in total. The zero-order valence-corrected chi connectivity index (χ0v) is 13.7. The summed E-state index contributed by atoms with van der Waals surface area (Å²) in [5.74, 6) is -0.761. The Morgan fingerprint density at radius 3 is 2.67 bits per heavy atom. The number of methoxy groups -OCH3 is 1. The molecule has 0 radical (unpaired) electrons. The van der Waals surface area contributed by atoms with Gasteiger partial charge in [0.25, 0.3) is 0 Å². The Balaban J connectivity index is 2.36. The predicted molar refractivity (Wildman–Crippen MR) is 80.3 cm³/mol. The Bertz CT molecular complexity index is 567. The Morgan fingerprint density at radius 2 is 2.14 bits per heavy atom. The van der Waals surface area contributed by atoms with Crippen LogP contribution in [0.15, 0.2) is 0 Å². The van der Waals surface area contributed by atoms with Gasteiger partial charge in [0.2, 0.25) is 0 Å². The molecule has 6 nitrogen and oxygen atoms in total. The highest BCUT2D eigenvalue weighted by atomic mass is 32.1. The number of ether oxygens (including phenoxy) is 2. The fraction of sp³-hybridized carbons (Fsp3) is 0.643. The van der Waals surface area contributed by atoms with Crippen molar-refractivity contribution in [2.45, 2.75) is 39.4 Å². The summed E-state index contributed by atoms with van der Waals surface area (Å²) in [6.45, 7) is 8.77. The lowest BCUT2D eigenvalue weighted by Crippen LogP contribution is -2.52. The number of carbonyl (C=O) groups excluding carboxylic acids is 2. The second-order valence-electron chi connectivity index (χ2n) is 5.79. The molecule has 0 aliphatic carbocycles. The van der Waals surface area contributed by atoms with Crippen molar-refractivity contribution >= 4 is 28.2 Å². The zero-order valence-electron chi connectivity index (χ0n) is 12.9. The van der Waals surface area contributed by atoms with E-state index >= 15 is 0 Å². The molecule has 21 heavy (non-hydrogen) atoms. The third-order valence-electron chi connectivity index (χ3n) is 3.15. The maximum atomic E-state index is 11.8. The maximum absolute atomic E-state index is 11.8. The average Bonchev–Trinajstić information content (AvgIpc) is 2.80. The van der Waals surface area contributed by atoms with Gasteiger partial charge in [0.05, 0.1) is 18.8 Å². The van der Waals surface area contributed by atoms with Crippen LogP contribution >= 0.6 is 11.3 Å². The predicted octanol–water partition coefficient (Wildman–Crippen LogP) is 2.14. The van der Waals surface area contributed by atoms with Gasteiger partial charge in [-0.05, 0) is 20.8 Å². The first-order chi connectivity index (χ1) is 9.73. The van der Waals surface area contributed by atoms with Crippen molar-refractivity contribution in [2.75, 3.05) is 25.1 Å². The Labute approximate surface area is 128 Å². The summed E-state index contributed by atoms with van der Waals surface area (Å²) in [7, 11) is 1.28. The molecule has 1 fully saturated rings. The van der Waals surface area contributed by atoms with Gasteiger partial charge in [0, 0.05) is 20.0 Å². The Hall–Kier alpha value is -1.47. The van der Waals surface area contributed by atoms with E-state index in [0.29, 0.717) is 23.1 Å². The molecule has 1 saturated heterocycles. The number of anilines is 1. The molecule has 1 aromatic heterocycles. The summed E-state index contributed by atoms with van der Waals surface area (Å²) in [6.07, 6.45) is 0.0556. The van der Waals surface area contributed by atoms with E-state index in [-0.39, 0.29) is 23.2 Å². The molecule has 0 amide bonds. The third kappa shape index (κ3) is 3.41. The van der Waals surface area contributed by atoms with Crippen molar-refractivity contribution in [3.05, 3.63) is 10.6 Å². The monoisotopic (exact) mass is 312 g/mol. The van der Waals surface area contributed by atoms with Gasteiger partial charge in [-0.2, -0.15) is 0 Å². The standard InChI is InChI=1S/C14H20N2O4S/c1-8-6-16(7-14(3,4)20-8)13-15-10(12(18)19-5)11(21-13)9(2)17/h8H,6-7H2,1-5H3. The van der Waals surface area contributed by atoms with Gasteiger partial charge in [-0.3, -0.25) is 4.79 Å². The molecule has 0 bridgehead atoms. The minimum absolute atomic E-state index is 0.0556. The van der Waals surface area contributed by atoms with E-state index in [1.54, 1.807) is 0 Å². The number of thiazole rings is 1. The van der Waals surface area contributed by atoms with E-state index in [1.165, 1.54) is 25.4 Å². The smallest absolute Gasteiger partial charge is 0.358 e. The van der Waals surface area contributed by atoms with Crippen LogP contribution in [0.5, 0.6) is 0 Å². The van der Waals surface area contributed by atoms with Crippen LogP contribution < -0.4 is 4.90 Å². The van der Waals surface area contributed by atoms with E-state index in [1.807, 2.05) is 20.8 Å². The number of carbonyl (C=O) groups is 2. The van der Waals surface area contributed by atoms with Crippen LogP contribution in [0.3, 0.4) is 0 Å². The second-order valence-corrected chi connectivity index (χ2v) is 6.77. The highest BCUT2D eigenvalue weighted by molar-refractivity contribution is 7.17. The van der Waals surface area contributed by atoms with Crippen molar-refractivity contribution in [3.8, 4) is 0 Å². The average molecular weight is 312 g/mol. The molecule has 2 heterocycles. The van der Waals surface area contributed by atoms with Crippen molar-refractivity contribution < 1.29 is 19.1 Å². The minimum Gasteiger partial charge on any atom is -0.464 e. The van der Waals surface area contributed by atoms with Crippen molar-refractivity contribution in [2.24, 2.45) is 0 Å². The second kappa shape index (κ2) is 5.73. The van der Waals surface area contributed by atoms with Crippen LogP contribution in [-0.2, 0) is 9.47 Å². The number of nitrogens with zero attached hydrogens (tertiary/aromatic N) is 2. The van der Waals surface area contributed by atoms with Crippen molar-refractivity contribution in [3.63, 3.8) is 0 Å². The van der Waals surface area contributed by atoms with E-state index in [0.717, 1.165) is 0 Å². The van der Waals surface area contributed by atoms with Gasteiger partial charge >= 0.3 is 5.97 Å². The summed E-state index contributed by atoms with van der Waals surface area (Å²) in [6, 6.07) is 0. The first-order valence-corrected chi connectivity index (χ1v) is 7.58. The Morgan fingerprint density at radius 1 is 1.48 bits per heavy atom. The largest absolute Gasteiger partial charge is 0.464 e. The first kappa shape index (κ1) is 15.9. The molecule has 1 aliphatic rings. The molecular weight excluding hydrogens is 292 g/mol. The van der Waals surface area contributed by atoms with E-state index in [2.05, 4.69) is 9.88 Å². The van der Waals surface area contributed by atoms with Crippen LogP contribution in [0, 0.1) is 0 Å². The summed E-state index contributed by atoms with van der Waals surface area (Å²) >= 11 is 1.23. The summed E-state index contributed by atoms with van der Waals surface area (Å²) in [5, 5.41) is 0.656. The van der Waals surface area contributed by atoms with E-state index < -0.39 is 5.97 Å². The van der Waals surface area contributed by atoms with Crippen LogP contribution in [0.25, 0.3) is 0 Å². The number of hydrogen-bond donors (Lipinski definition) is 0. The quantitative estimate of drug-likeness (QED) is 0.629. The topological polar surface area (TPSA) is 68.7 Å². The van der Waals surface area contributed by atoms with Gasteiger partial charge in [0.15, 0.2) is 16.6 Å². The number of esters is 1. The molecule has 0 aromatic carbocycles. The van der Waals surface area contributed by atoms with Crippen LogP contribution in [-0.4, -0.2) is 48.6 Å². The molecule has 0 spiro atoms. The molecule has 1 atom stereocenters. The molecular formula is C14H20N2O4S. The fourth-order valence-electron chi connectivity index (χ4n) is 2.52. The summed E-state index contributed by atoms with van der Waals surface area (Å²) in [4.78, 5) is 30.2. The van der Waals surface area contributed by atoms with Gasteiger partial charge in [-0.1, -0.05) is 11.3 Å². The third-order valence-corrected chi connectivity index (χ3v) is 4.37. The van der Waals surface area contributed by atoms with Crippen LogP contribution in [0.2, 0.25) is 0 Å². The number of rotatable bonds is 3. The molecule has 2 rings (SSSR count).